The summed E-state index contributed by atoms with van der Waals surface area (Å²) in [6.07, 6.45) is 1.94. The second kappa shape index (κ2) is 8.19. The molecule has 0 aromatic heterocycles. The molecule has 0 aliphatic carbocycles. The molecule has 4 rings (SSSR count). The Kier molecular flexibility index (Phi) is 5.50. The van der Waals surface area contributed by atoms with Gasteiger partial charge in [0.2, 0.25) is 12.7 Å². The van der Waals surface area contributed by atoms with Crippen LogP contribution >= 0.6 is 11.6 Å². The van der Waals surface area contributed by atoms with E-state index in [9.17, 15) is 4.79 Å². The maximum Gasteiger partial charge on any atom is 0.231 e. The zero-order valence-corrected chi connectivity index (χ0v) is 15.9. The van der Waals surface area contributed by atoms with Crippen LogP contribution < -0.4 is 14.8 Å². The summed E-state index contributed by atoms with van der Waals surface area (Å²) in [7, 11) is 0. The van der Waals surface area contributed by atoms with Crippen LogP contribution in [0.4, 0.5) is 0 Å². The van der Waals surface area contributed by atoms with Gasteiger partial charge in [0.15, 0.2) is 11.5 Å². The number of nitrogens with zero attached hydrogens (tertiary/aromatic N) is 1. The molecule has 2 aliphatic rings. The molecule has 2 aromatic rings. The Hall–Kier alpha value is -2.24. The summed E-state index contributed by atoms with van der Waals surface area (Å²) in [5, 5.41) is 3.85. The van der Waals surface area contributed by atoms with E-state index in [1.807, 2.05) is 42.5 Å². The minimum atomic E-state index is 0.00949. The first-order chi connectivity index (χ1) is 13.2. The minimum absolute atomic E-state index is 0.00949. The second-order valence-corrected chi connectivity index (χ2v) is 7.48. The van der Waals surface area contributed by atoms with Gasteiger partial charge in [-0.05, 0) is 48.7 Å². The summed E-state index contributed by atoms with van der Waals surface area (Å²) >= 11 is 6.28. The predicted molar refractivity (Wildman–Crippen MR) is 104 cm³/mol. The zero-order valence-electron chi connectivity index (χ0n) is 15.1. The fourth-order valence-electron chi connectivity index (χ4n) is 3.67. The molecule has 0 saturated carbocycles. The molecular formula is C21H23ClN2O3. The first-order valence-electron chi connectivity index (χ1n) is 9.31. The Balaban J connectivity index is 1.31. The van der Waals surface area contributed by atoms with Crippen LogP contribution in [-0.2, 0) is 17.9 Å². The molecule has 0 unspecified atom stereocenters. The van der Waals surface area contributed by atoms with E-state index in [0.29, 0.717) is 6.54 Å². The molecule has 6 heteroatoms. The quantitative estimate of drug-likeness (QED) is 0.853. The van der Waals surface area contributed by atoms with Gasteiger partial charge in [-0.25, -0.2) is 0 Å². The van der Waals surface area contributed by atoms with Crippen LogP contribution in [-0.4, -0.2) is 30.7 Å². The minimum Gasteiger partial charge on any atom is -0.454 e. The number of benzene rings is 2. The lowest BCUT2D eigenvalue weighted by Gasteiger charge is -2.32. The number of likely N-dealkylation sites (tertiary alicyclic amines) is 1. The molecule has 5 nitrogen and oxygen atoms in total. The third kappa shape index (κ3) is 4.37. The first kappa shape index (κ1) is 18.1. The summed E-state index contributed by atoms with van der Waals surface area (Å²) in [6, 6.07) is 13.7. The van der Waals surface area contributed by atoms with Gasteiger partial charge in [0.05, 0.1) is 5.92 Å². The van der Waals surface area contributed by atoms with Crippen molar-refractivity contribution < 1.29 is 14.3 Å². The number of nitrogens with one attached hydrogen (secondary N) is 1. The fourth-order valence-corrected chi connectivity index (χ4v) is 3.86. The van der Waals surface area contributed by atoms with Crippen LogP contribution in [0.1, 0.15) is 24.0 Å². The molecule has 2 aromatic carbocycles. The van der Waals surface area contributed by atoms with E-state index >= 15 is 0 Å². The van der Waals surface area contributed by atoms with Crippen molar-refractivity contribution in [1.29, 1.82) is 0 Å². The van der Waals surface area contributed by atoms with E-state index in [1.165, 1.54) is 0 Å². The van der Waals surface area contributed by atoms with Crippen LogP contribution in [0.3, 0.4) is 0 Å². The Bertz CT molecular complexity index is 827. The highest BCUT2D eigenvalue weighted by atomic mass is 35.5. The fraction of sp³-hybridized carbons (Fsp3) is 0.381. The zero-order chi connectivity index (χ0) is 18.6. The number of hydrogen-bond donors (Lipinski definition) is 1. The molecule has 1 atom stereocenters. The summed E-state index contributed by atoms with van der Waals surface area (Å²) in [4.78, 5) is 15.0. The van der Waals surface area contributed by atoms with Crippen LogP contribution in [0, 0.1) is 5.92 Å². The average molecular weight is 387 g/mol. The largest absolute Gasteiger partial charge is 0.454 e. The van der Waals surface area contributed by atoms with E-state index in [0.717, 1.165) is 60.1 Å². The molecule has 1 amide bonds. The van der Waals surface area contributed by atoms with Gasteiger partial charge in [0, 0.05) is 24.7 Å². The number of hydrogen-bond acceptors (Lipinski definition) is 4. The third-order valence-electron chi connectivity index (χ3n) is 5.13. The molecule has 27 heavy (non-hydrogen) atoms. The SMILES string of the molecule is O=C(NCc1ccc2c(c1)OCO2)[C@H]1CCCN(Cc2ccccc2Cl)C1. The van der Waals surface area contributed by atoms with Crippen molar-refractivity contribution in [2.45, 2.75) is 25.9 Å². The summed E-state index contributed by atoms with van der Waals surface area (Å²) in [5.74, 6) is 1.62. The number of rotatable bonds is 5. The Morgan fingerprint density at radius 2 is 2.04 bits per heavy atom. The normalized spacial score (nSPS) is 19.1. The Morgan fingerprint density at radius 3 is 2.93 bits per heavy atom. The number of ether oxygens (including phenoxy) is 2. The van der Waals surface area contributed by atoms with Crippen LogP contribution in [0.5, 0.6) is 11.5 Å². The number of piperidine rings is 1. The lowest BCUT2D eigenvalue weighted by Crippen LogP contribution is -2.42. The van der Waals surface area contributed by atoms with E-state index in [2.05, 4.69) is 10.2 Å². The van der Waals surface area contributed by atoms with Crippen molar-refractivity contribution in [3.05, 3.63) is 58.6 Å². The lowest BCUT2D eigenvalue weighted by atomic mass is 9.96. The highest BCUT2D eigenvalue weighted by Crippen LogP contribution is 2.32. The topological polar surface area (TPSA) is 50.8 Å². The molecule has 0 spiro atoms. The molecule has 2 aliphatic heterocycles. The van der Waals surface area contributed by atoms with Gasteiger partial charge < -0.3 is 14.8 Å². The molecule has 2 heterocycles. The third-order valence-corrected chi connectivity index (χ3v) is 5.50. The Morgan fingerprint density at radius 1 is 1.19 bits per heavy atom. The van der Waals surface area contributed by atoms with Crippen LogP contribution in [0.25, 0.3) is 0 Å². The van der Waals surface area contributed by atoms with Gasteiger partial charge in [-0.2, -0.15) is 0 Å². The Labute approximate surface area is 164 Å². The van der Waals surface area contributed by atoms with Crippen molar-refractivity contribution in [1.82, 2.24) is 10.2 Å². The monoisotopic (exact) mass is 386 g/mol. The standard InChI is InChI=1S/C21H23ClN2O3/c22-18-6-2-1-4-16(18)12-24-9-3-5-17(13-24)21(25)23-11-15-7-8-19-20(10-15)27-14-26-19/h1-2,4,6-8,10,17H,3,5,9,11-14H2,(H,23,25)/t17-/m0/s1. The maximum atomic E-state index is 12.7. The highest BCUT2D eigenvalue weighted by Gasteiger charge is 2.26. The number of carbonyl (C=O) groups is 1. The number of amides is 1. The van der Waals surface area contributed by atoms with Crippen molar-refractivity contribution >= 4 is 17.5 Å². The molecule has 142 valence electrons. The van der Waals surface area contributed by atoms with Gasteiger partial charge in [-0.3, -0.25) is 9.69 Å². The van der Waals surface area contributed by atoms with Crippen LogP contribution in [0.15, 0.2) is 42.5 Å². The number of carbonyl (C=O) groups excluding carboxylic acids is 1. The van der Waals surface area contributed by atoms with Crippen molar-refractivity contribution in [2.24, 2.45) is 5.92 Å². The van der Waals surface area contributed by atoms with Crippen molar-refractivity contribution in [3.8, 4) is 11.5 Å². The van der Waals surface area contributed by atoms with E-state index in [4.69, 9.17) is 21.1 Å². The summed E-state index contributed by atoms with van der Waals surface area (Å²) in [5.41, 5.74) is 2.12. The van der Waals surface area contributed by atoms with Gasteiger partial charge in [-0.15, -0.1) is 0 Å². The van der Waals surface area contributed by atoms with Gasteiger partial charge in [0.1, 0.15) is 0 Å². The van der Waals surface area contributed by atoms with Crippen molar-refractivity contribution in [2.75, 3.05) is 19.9 Å². The predicted octanol–water partition coefficient (Wildman–Crippen LogP) is 3.60. The second-order valence-electron chi connectivity index (χ2n) is 7.07. The summed E-state index contributed by atoms with van der Waals surface area (Å²) in [6.45, 7) is 3.30. The van der Waals surface area contributed by atoms with Crippen molar-refractivity contribution in [3.63, 3.8) is 0 Å². The molecule has 0 bridgehead atoms. The molecule has 1 N–H and O–H groups in total. The molecule has 0 radical (unpaired) electrons. The molecule has 1 saturated heterocycles. The average Bonchev–Trinajstić information content (AvgIpc) is 3.16. The van der Waals surface area contributed by atoms with E-state index in [-0.39, 0.29) is 18.6 Å². The van der Waals surface area contributed by atoms with Gasteiger partial charge in [-0.1, -0.05) is 35.9 Å². The van der Waals surface area contributed by atoms with Crippen LogP contribution in [0.2, 0.25) is 5.02 Å². The van der Waals surface area contributed by atoms with Gasteiger partial charge in [0.25, 0.3) is 0 Å². The van der Waals surface area contributed by atoms with E-state index in [1.54, 1.807) is 0 Å². The smallest absolute Gasteiger partial charge is 0.231 e. The maximum absolute atomic E-state index is 12.7. The highest BCUT2D eigenvalue weighted by molar-refractivity contribution is 6.31. The van der Waals surface area contributed by atoms with E-state index < -0.39 is 0 Å². The number of halogens is 1. The number of fused-ring (bicyclic) bond motifs is 1. The van der Waals surface area contributed by atoms with Gasteiger partial charge >= 0.3 is 0 Å². The molecular weight excluding hydrogens is 364 g/mol. The molecule has 1 fully saturated rings. The summed E-state index contributed by atoms with van der Waals surface area (Å²) < 4.78 is 10.7. The lowest BCUT2D eigenvalue weighted by molar-refractivity contribution is -0.126. The first-order valence-corrected chi connectivity index (χ1v) is 9.69.